The van der Waals surface area contributed by atoms with Gasteiger partial charge >= 0.3 is 5.69 Å². The van der Waals surface area contributed by atoms with Crippen molar-refractivity contribution in [3.63, 3.8) is 0 Å². The summed E-state index contributed by atoms with van der Waals surface area (Å²) >= 11 is 4.86. The highest BCUT2D eigenvalue weighted by Gasteiger charge is 2.31. The van der Waals surface area contributed by atoms with Crippen molar-refractivity contribution in [3.05, 3.63) is 60.0 Å². The van der Waals surface area contributed by atoms with E-state index in [1.807, 2.05) is 31.2 Å². The molecule has 7 nitrogen and oxygen atoms in total. The van der Waals surface area contributed by atoms with Crippen molar-refractivity contribution in [1.82, 2.24) is 14.5 Å². The van der Waals surface area contributed by atoms with Gasteiger partial charge < -0.3 is 10.1 Å². The minimum Gasteiger partial charge on any atom is -0.496 e. The highest BCUT2D eigenvalue weighted by atomic mass is 79.9. The lowest BCUT2D eigenvalue weighted by atomic mass is 10.1. The van der Waals surface area contributed by atoms with Crippen molar-refractivity contribution < 1.29 is 9.53 Å². The zero-order chi connectivity index (χ0) is 20.7. The van der Waals surface area contributed by atoms with E-state index in [4.69, 9.17) is 4.74 Å². The van der Waals surface area contributed by atoms with Gasteiger partial charge in [0.2, 0.25) is 5.91 Å². The number of fused-ring (bicyclic) bond motifs is 1. The fraction of sp³-hybridized carbons (Fsp3) is 0.350. The molecular formula is C20H20BrN3O4S. The summed E-state index contributed by atoms with van der Waals surface area (Å²) in [6.07, 6.45) is 0.985. The molecule has 4 rings (SSSR count). The SMILES string of the molecule is COc1ccccc1CCn1c(=O)n(C2CCNC2=O)c(=O)c2c(C)c(Br)sc21. The summed E-state index contributed by atoms with van der Waals surface area (Å²) in [5, 5.41) is 3.20. The Morgan fingerprint density at radius 2 is 2.03 bits per heavy atom. The zero-order valence-corrected chi connectivity index (χ0v) is 18.4. The van der Waals surface area contributed by atoms with E-state index in [2.05, 4.69) is 21.2 Å². The molecule has 1 fully saturated rings. The second kappa shape index (κ2) is 7.79. The van der Waals surface area contributed by atoms with Crippen LogP contribution in [0.1, 0.15) is 23.6 Å². The summed E-state index contributed by atoms with van der Waals surface area (Å²) in [6.45, 7) is 2.68. The van der Waals surface area contributed by atoms with E-state index in [1.54, 1.807) is 11.7 Å². The molecule has 1 aliphatic rings. The zero-order valence-electron chi connectivity index (χ0n) is 16.0. The molecule has 1 unspecified atom stereocenters. The highest BCUT2D eigenvalue weighted by molar-refractivity contribution is 9.11. The third-order valence-corrected chi connectivity index (χ3v) is 7.50. The Kier molecular flexibility index (Phi) is 5.35. The Morgan fingerprint density at radius 1 is 1.28 bits per heavy atom. The maximum absolute atomic E-state index is 13.3. The number of carbonyl (C=O) groups is 1. The molecule has 1 saturated heterocycles. The molecule has 2 aromatic heterocycles. The largest absolute Gasteiger partial charge is 0.496 e. The molecule has 1 aliphatic heterocycles. The minimum atomic E-state index is -0.769. The lowest BCUT2D eigenvalue weighted by Gasteiger charge is -2.16. The third kappa shape index (κ3) is 3.32. The van der Waals surface area contributed by atoms with Gasteiger partial charge in [-0.15, -0.1) is 11.3 Å². The first-order valence-corrected chi connectivity index (χ1v) is 10.9. The first-order chi connectivity index (χ1) is 13.9. The molecule has 9 heteroatoms. The second-order valence-electron chi connectivity index (χ2n) is 6.95. The van der Waals surface area contributed by atoms with E-state index in [0.717, 1.165) is 25.2 Å². The number of methoxy groups -OCH3 is 1. The highest BCUT2D eigenvalue weighted by Crippen LogP contribution is 2.33. The van der Waals surface area contributed by atoms with Crippen LogP contribution in [-0.4, -0.2) is 28.7 Å². The van der Waals surface area contributed by atoms with Gasteiger partial charge in [0.15, 0.2) is 0 Å². The van der Waals surface area contributed by atoms with Crippen LogP contribution in [0.25, 0.3) is 10.2 Å². The standard InChI is InChI=1S/C20H20BrN3O4S/c1-11-15-18(26)24(13-7-9-22-17(13)25)20(27)23(19(15)29-16(11)21)10-8-12-5-3-4-6-14(12)28-2/h3-6,13H,7-10H2,1-2H3,(H,22,25). The monoisotopic (exact) mass is 477 g/mol. The average Bonchev–Trinajstić information content (AvgIpc) is 3.25. The Morgan fingerprint density at radius 3 is 2.72 bits per heavy atom. The van der Waals surface area contributed by atoms with Crippen molar-refractivity contribution in [1.29, 1.82) is 0 Å². The number of benzene rings is 1. The lowest BCUT2D eigenvalue weighted by Crippen LogP contribution is -2.44. The van der Waals surface area contributed by atoms with Crippen LogP contribution in [0.3, 0.4) is 0 Å². The molecule has 29 heavy (non-hydrogen) atoms. The molecule has 1 amide bonds. The van der Waals surface area contributed by atoms with E-state index < -0.39 is 17.3 Å². The molecule has 1 atom stereocenters. The number of hydrogen-bond acceptors (Lipinski definition) is 5. The molecule has 0 saturated carbocycles. The number of rotatable bonds is 5. The number of hydrogen-bond donors (Lipinski definition) is 1. The average molecular weight is 478 g/mol. The van der Waals surface area contributed by atoms with Crippen LogP contribution in [0.15, 0.2) is 37.6 Å². The third-order valence-electron chi connectivity index (χ3n) is 5.31. The Balaban J connectivity index is 1.88. The fourth-order valence-corrected chi connectivity index (χ4v) is 5.48. The van der Waals surface area contributed by atoms with E-state index >= 15 is 0 Å². The van der Waals surface area contributed by atoms with Crippen LogP contribution in [0.2, 0.25) is 0 Å². The normalized spacial score (nSPS) is 16.4. The lowest BCUT2D eigenvalue weighted by molar-refractivity contribution is -0.122. The summed E-state index contributed by atoms with van der Waals surface area (Å²) in [4.78, 5) is 39.4. The Bertz CT molecular complexity index is 1230. The van der Waals surface area contributed by atoms with E-state index in [9.17, 15) is 14.4 Å². The molecule has 3 aromatic rings. The quantitative estimate of drug-likeness (QED) is 0.612. The van der Waals surface area contributed by atoms with Gasteiger partial charge in [0, 0.05) is 13.1 Å². The van der Waals surface area contributed by atoms with Gasteiger partial charge in [-0.3, -0.25) is 14.2 Å². The number of para-hydroxylation sites is 1. The van der Waals surface area contributed by atoms with Gasteiger partial charge in [-0.2, -0.15) is 0 Å². The van der Waals surface area contributed by atoms with E-state index in [1.165, 1.54) is 11.3 Å². The minimum absolute atomic E-state index is 0.285. The summed E-state index contributed by atoms with van der Waals surface area (Å²) in [6, 6.07) is 6.88. The number of amides is 1. The number of thiophene rings is 1. The van der Waals surface area contributed by atoms with Crippen molar-refractivity contribution in [2.24, 2.45) is 0 Å². The predicted octanol–water partition coefficient (Wildman–Crippen LogP) is 2.61. The first-order valence-electron chi connectivity index (χ1n) is 9.27. The van der Waals surface area contributed by atoms with Crippen molar-refractivity contribution in [2.75, 3.05) is 13.7 Å². The van der Waals surface area contributed by atoms with Crippen LogP contribution in [0.4, 0.5) is 0 Å². The summed E-state index contributed by atoms with van der Waals surface area (Å²) in [7, 11) is 1.61. The molecule has 0 spiro atoms. The van der Waals surface area contributed by atoms with Crippen LogP contribution < -0.4 is 21.3 Å². The predicted molar refractivity (Wildman–Crippen MR) is 116 cm³/mol. The molecule has 0 bridgehead atoms. The van der Waals surface area contributed by atoms with Crippen LogP contribution >= 0.6 is 27.3 Å². The van der Waals surface area contributed by atoms with E-state index in [-0.39, 0.29) is 5.91 Å². The van der Waals surface area contributed by atoms with Gasteiger partial charge in [0.05, 0.1) is 16.3 Å². The molecule has 1 aromatic carbocycles. The number of nitrogens with zero attached hydrogens (tertiary/aromatic N) is 2. The first kappa shape index (κ1) is 19.9. The topological polar surface area (TPSA) is 82.3 Å². The number of aryl methyl sites for hydroxylation is 3. The molecule has 0 aliphatic carbocycles. The van der Waals surface area contributed by atoms with E-state index in [0.29, 0.717) is 36.1 Å². The van der Waals surface area contributed by atoms with Crippen LogP contribution in [-0.2, 0) is 17.8 Å². The van der Waals surface area contributed by atoms with Crippen molar-refractivity contribution >= 4 is 43.4 Å². The van der Waals surface area contributed by atoms with Crippen LogP contribution in [0.5, 0.6) is 5.75 Å². The molecule has 1 N–H and O–H groups in total. The maximum atomic E-state index is 13.3. The summed E-state index contributed by atoms with van der Waals surface area (Å²) < 4.78 is 8.95. The summed E-state index contributed by atoms with van der Waals surface area (Å²) in [5.74, 6) is 0.468. The number of ether oxygens (including phenoxy) is 1. The Hall–Kier alpha value is -2.39. The van der Waals surface area contributed by atoms with Crippen LogP contribution in [0, 0.1) is 6.92 Å². The second-order valence-corrected chi connectivity index (χ2v) is 9.26. The van der Waals surface area contributed by atoms with Gasteiger partial charge in [-0.25, -0.2) is 9.36 Å². The maximum Gasteiger partial charge on any atom is 0.332 e. The molecular weight excluding hydrogens is 458 g/mol. The smallest absolute Gasteiger partial charge is 0.332 e. The fourth-order valence-electron chi connectivity index (χ4n) is 3.78. The van der Waals surface area contributed by atoms with Gasteiger partial charge in [-0.05, 0) is 52.9 Å². The molecule has 152 valence electrons. The number of nitrogens with one attached hydrogen (secondary N) is 1. The van der Waals surface area contributed by atoms with Gasteiger partial charge in [-0.1, -0.05) is 18.2 Å². The summed E-state index contributed by atoms with van der Waals surface area (Å²) in [5.41, 5.74) is 0.903. The Labute approximate surface area is 179 Å². The van der Waals surface area contributed by atoms with Crippen molar-refractivity contribution in [3.8, 4) is 5.75 Å². The number of halogens is 1. The molecule has 0 radical (unpaired) electrons. The number of aromatic nitrogens is 2. The van der Waals surface area contributed by atoms with Gasteiger partial charge in [0.1, 0.15) is 16.6 Å². The molecule has 3 heterocycles. The van der Waals surface area contributed by atoms with Crippen molar-refractivity contribution in [2.45, 2.75) is 32.4 Å². The number of carbonyl (C=O) groups excluding carboxylic acids is 1. The van der Waals surface area contributed by atoms with Gasteiger partial charge in [0.25, 0.3) is 5.56 Å².